The maximum absolute atomic E-state index is 13.1. The average molecular weight is 446 g/mol. The second kappa shape index (κ2) is 11.0. The lowest BCUT2D eigenvalue weighted by Gasteiger charge is -2.31. The number of ether oxygens (including phenoxy) is 3. The molecule has 0 spiro atoms. The fraction of sp³-hybridized carbons (Fsp3) is 0.417. The normalized spacial score (nSPS) is 14.2. The molecule has 3 rings (SSSR count). The summed E-state index contributed by atoms with van der Waals surface area (Å²) in [5.41, 5.74) is 1.34. The summed E-state index contributed by atoms with van der Waals surface area (Å²) in [6, 6.07) is 12.6. The van der Waals surface area contributed by atoms with Gasteiger partial charge in [0, 0.05) is 24.2 Å². The number of para-hydroxylation sites is 1. The van der Waals surface area contributed by atoms with Crippen molar-refractivity contribution in [3.05, 3.63) is 58.6 Å². The first-order chi connectivity index (χ1) is 15.0. The molecule has 0 saturated carbocycles. The van der Waals surface area contributed by atoms with E-state index in [0.29, 0.717) is 61.2 Å². The van der Waals surface area contributed by atoms with E-state index < -0.39 is 0 Å². The molecule has 2 aromatic rings. The van der Waals surface area contributed by atoms with Crippen molar-refractivity contribution in [2.45, 2.75) is 33.3 Å². The number of benzene rings is 2. The van der Waals surface area contributed by atoms with E-state index in [9.17, 15) is 9.59 Å². The minimum absolute atomic E-state index is 0.0654. The largest absolute Gasteiger partial charge is 0.493 e. The summed E-state index contributed by atoms with van der Waals surface area (Å²) >= 11 is 6.18. The molecule has 0 radical (unpaired) electrons. The van der Waals surface area contributed by atoms with Gasteiger partial charge in [0.2, 0.25) is 0 Å². The summed E-state index contributed by atoms with van der Waals surface area (Å²) in [7, 11) is 0. The molecule has 0 aromatic heterocycles. The van der Waals surface area contributed by atoms with Crippen molar-refractivity contribution < 1.29 is 23.8 Å². The number of halogens is 1. The molecular formula is C24H28ClNO5. The van der Waals surface area contributed by atoms with Gasteiger partial charge in [-0.2, -0.15) is 0 Å². The number of hydrogen-bond donors (Lipinski definition) is 0. The first-order valence-corrected chi connectivity index (χ1v) is 11.0. The number of nitrogens with zero attached hydrogens (tertiary/aromatic N) is 1. The van der Waals surface area contributed by atoms with Gasteiger partial charge >= 0.3 is 5.97 Å². The van der Waals surface area contributed by atoms with Gasteiger partial charge in [0.15, 0.2) is 0 Å². The van der Waals surface area contributed by atoms with Crippen LogP contribution in [0.4, 0.5) is 0 Å². The van der Waals surface area contributed by atoms with Gasteiger partial charge in [-0.25, -0.2) is 0 Å². The van der Waals surface area contributed by atoms with Gasteiger partial charge in [0.25, 0.3) is 5.91 Å². The van der Waals surface area contributed by atoms with Crippen LogP contribution in [0.2, 0.25) is 5.02 Å². The number of likely N-dealkylation sites (tertiary alicyclic amines) is 1. The Labute approximate surface area is 188 Å². The van der Waals surface area contributed by atoms with Gasteiger partial charge in [0.05, 0.1) is 24.2 Å². The number of amides is 1. The molecule has 166 valence electrons. The van der Waals surface area contributed by atoms with E-state index in [4.69, 9.17) is 25.8 Å². The van der Waals surface area contributed by atoms with Crippen molar-refractivity contribution in [1.29, 1.82) is 0 Å². The summed E-state index contributed by atoms with van der Waals surface area (Å²) in [4.78, 5) is 26.8. The zero-order chi connectivity index (χ0) is 22.2. The van der Waals surface area contributed by atoms with Crippen LogP contribution in [0.5, 0.6) is 11.5 Å². The van der Waals surface area contributed by atoms with Crippen LogP contribution in [0.3, 0.4) is 0 Å². The highest BCUT2D eigenvalue weighted by molar-refractivity contribution is 6.32. The second-order valence-corrected chi connectivity index (χ2v) is 7.70. The molecule has 1 aliphatic rings. The summed E-state index contributed by atoms with van der Waals surface area (Å²) in [5, 5.41) is 0.525. The van der Waals surface area contributed by atoms with Crippen molar-refractivity contribution in [3.63, 3.8) is 0 Å². The molecule has 7 heteroatoms. The molecule has 1 saturated heterocycles. The first kappa shape index (κ1) is 22.9. The van der Waals surface area contributed by atoms with E-state index in [1.165, 1.54) is 0 Å². The van der Waals surface area contributed by atoms with Crippen molar-refractivity contribution in [3.8, 4) is 11.5 Å². The Morgan fingerprint density at radius 2 is 1.74 bits per heavy atom. The van der Waals surface area contributed by atoms with E-state index in [1.54, 1.807) is 36.1 Å². The minimum Gasteiger partial charge on any atom is -0.493 e. The molecule has 1 fully saturated rings. The molecule has 1 heterocycles. The number of piperidine rings is 1. The van der Waals surface area contributed by atoms with Gasteiger partial charge in [-0.1, -0.05) is 23.7 Å². The van der Waals surface area contributed by atoms with Crippen molar-refractivity contribution in [2.24, 2.45) is 5.92 Å². The molecule has 0 bridgehead atoms. The zero-order valence-corrected chi connectivity index (χ0v) is 18.7. The van der Waals surface area contributed by atoms with Gasteiger partial charge in [0.1, 0.15) is 18.1 Å². The van der Waals surface area contributed by atoms with Gasteiger partial charge in [-0.05, 0) is 57.0 Å². The molecule has 1 amide bonds. The third-order valence-electron chi connectivity index (χ3n) is 5.23. The zero-order valence-electron chi connectivity index (χ0n) is 17.9. The number of esters is 1. The van der Waals surface area contributed by atoms with Crippen LogP contribution in [0.25, 0.3) is 0 Å². The molecule has 6 nitrogen and oxygen atoms in total. The molecule has 2 aromatic carbocycles. The number of rotatable bonds is 8. The molecule has 0 atom stereocenters. The first-order valence-electron chi connectivity index (χ1n) is 10.6. The van der Waals surface area contributed by atoms with Gasteiger partial charge in [-0.3, -0.25) is 9.59 Å². The number of hydrogen-bond acceptors (Lipinski definition) is 5. The van der Waals surface area contributed by atoms with E-state index >= 15 is 0 Å². The van der Waals surface area contributed by atoms with E-state index in [1.807, 2.05) is 25.1 Å². The summed E-state index contributed by atoms with van der Waals surface area (Å²) in [6.07, 6.45) is 1.23. The number of carbonyl (C=O) groups excluding carboxylic acids is 2. The Bertz CT molecular complexity index is 909. The maximum atomic E-state index is 13.1. The van der Waals surface area contributed by atoms with Gasteiger partial charge in [-0.15, -0.1) is 0 Å². The Morgan fingerprint density at radius 3 is 2.42 bits per heavy atom. The summed E-state index contributed by atoms with van der Waals surface area (Å²) in [6.45, 7) is 5.88. The Hall–Kier alpha value is -2.73. The Morgan fingerprint density at radius 1 is 1.00 bits per heavy atom. The third kappa shape index (κ3) is 5.91. The maximum Gasteiger partial charge on any atom is 0.309 e. The van der Waals surface area contributed by atoms with Crippen molar-refractivity contribution in [1.82, 2.24) is 4.90 Å². The average Bonchev–Trinajstić information content (AvgIpc) is 2.79. The van der Waals surface area contributed by atoms with E-state index in [-0.39, 0.29) is 24.4 Å². The minimum atomic E-state index is -0.172. The lowest BCUT2D eigenvalue weighted by atomic mass is 9.96. The molecular weight excluding hydrogens is 418 g/mol. The van der Waals surface area contributed by atoms with E-state index in [2.05, 4.69) is 0 Å². The van der Waals surface area contributed by atoms with E-state index in [0.717, 1.165) is 5.56 Å². The van der Waals surface area contributed by atoms with Crippen molar-refractivity contribution >= 4 is 23.5 Å². The molecule has 31 heavy (non-hydrogen) atoms. The summed E-state index contributed by atoms with van der Waals surface area (Å²) in [5.74, 6) is 0.874. The highest BCUT2D eigenvalue weighted by Gasteiger charge is 2.29. The molecule has 0 aliphatic carbocycles. The van der Waals surface area contributed by atoms with Crippen LogP contribution in [0.1, 0.15) is 42.6 Å². The highest BCUT2D eigenvalue weighted by Crippen LogP contribution is 2.28. The SMILES string of the molecule is CCOC(=O)C1CCN(C(=O)c2ccc(OCC)c(COc3ccccc3Cl)c2)CC1. The molecule has 0 N–H and O–H groups in total. The van der Waals surface area contributed by atoms with Crippen LogP contribution in [0, 0.1) is 5.92 Å². The smallest absolute Gasteiger partial charge is 0.309 e. The van der Waals surface area contributed by atoms with Crippen LogP contribution < -0.4 is 9.47 Å². The molecule has 1 aliphatic heterocycles. The third-order valence-corrected chi connectivity index (χ3v) is 5.54. The summed E-state index contributed by atoms with van der Waals surface area (Å²) < 4.78 is 16.7. The predicted octanol–water partition coefficient (Wildman–Crippen LogP) is 4.73. The fourth-order valence-electron chi connectivity index (χ4n) is 3.60. The highest BCUT2D eigenvalue weighted by atomic mass is 35.5. The Kier molecular flexibility index (Phi) is 8.18. The van der Waals surface area contributed by atoms with Crippen LogP contribution in [-0.4, -0.2) is 43.1 Å². The predicted molar refractivity (Wildman–Crippen MR) is 119 cm³/mol. The van der Waals surface area contributed by atoms with Crippen molar-refractivity contribution in [2.75, 3.05) is 26.3 Å². The number of carbonyl (C=O) groups is 2. The van der Waals surface area contributed by atoms with Crippen LogP contribution in [0.15, 0.2) is 42.5 Å². The molecule has 0 unspecified atom stereocenters. The Balaban J connectivity index is 1.70. The second-order valence-electron chi connectivity index (χ2n) is 7.29. The fourth-order valence-corrected chi connectivity index (χ4v) is 3.79. The van der Waals surface area contributed by atoms with Crippen LogP contribution >= 0.6 is 11.6 Å². The van der Waals surface area contributed by atoms with Gasteiger partial charge < -0.3 is 19.1 Å². The monoisotopic (exact) mass is 445 g/mol. The van der Waals surface area contributed by atoms with Crippen LogP contribution in [-0.2, 0) is 16.1 Å². The topological polar surface area (TPSA) is 65.1 Å². The standard InChI is InChI=1S/C24H28ClNO5/c1-3-29-21-10-9-18(15-19(21)16-31-22-8-6-5-7-20(22)25)23(27)26-13-11-17(12-14-26)24(28)30-4-2/h5-10,15,17H,3-4,11-14,16H2,1-2H3. The quantitative estimate of drug-likeness (QED) is 0.549. The lowest BCUT2D eigenvalue weighted by molar-refractivity contribution is -0.149. The lowest BCUT2D eigenvalue weighted by Crippen LogP contribution is -2.40.